The summed E-state index contributed by atoms with van der Waals surface area (Å²) in [5.74, 6) is 0.812. The SMILES string of the molecule is COc1cccc(NCC(O)CN(C)C)c1. The van der Waals surface area contributed by atoms with Gasteiger partial charge in [-0.25, -0.2) is 0 Å². The first kappa shape index (κ1) is 12.8. The van der Waals surface area contributed by atoms with Gasteiger partial charge in [-0.1, -0.05) is 6.07 Å². The second-order valence-electron chi connectivity index (χ2n) is 4.03. The summed E-state index contributed by atoms with van der Waals surface area (Å²) in [6.07, 6.45) is -0.374. The molecule has 0 radical (unpaired) electrons. The number of ether oxygens (including phenoxy) is 1. The Bertz CT molecular complexity index is 316. The molecular weight excluding hydrogens is 204 g/mol. The predicted octanol–water partition coefficient (Wildman–Crippen LogP) is 1.03. The van der Waals surface area contributed by atoms with Crippen LogP contribution < -0.4 is 10.1 Å². The molecule has 0 heterocycles. The molecule has 2 N–H and O–H groups in total. The molecule has 1 rings (SSSR count). The molecule has 90 valence electrons. The first-order valence-corrected chi connectivity index (χ1v) is 5.32. The maximum Gasteiger partial charge on any atom is 0.120 e. The molecule has 0 fully saturated rings. The van der Waals surface area contributed by atoms with Crippen LogP contribution in [0.2, 0.25) is 0 Å². The van der Waals surface area contributed by atoms with Gasteiger partial charge in [-0.05, 0) is 26.2 Å². The van der Waals surface area contributed by atoms with E-state index in [1.165, 1.54) is 0 Å². The molecule has 0 aliphatic rings. The molecule has 4 nitrogen and oxygen atoms in total. The van der Waals surface area contributed by atoms with Crippen LogP contribution in [0.15, 0.2) is 24.3 Å². The summed E-state index contributed by atoms with van der Waals surface area (Å²) in [6.45, 7) is 1.18. The fourth-order valence-corrected chi connectivity index (χ4v) is 1.45. The van der Waals surface area contributed by atoms with Crippen molar-refractivity contribution in [2.75, 3.05) is 39.6 Å². The van der Waals surface area contributed by atoms with Gasteiger partial charge in [0.2, 0.25) is 0 Å². The van der Waals surface area contributed by atoms with Gasteiger partial charge in [0.1, 0.15) is 5.75 Å². The number of likely N-dealkylation sites (N-methyl/N-ethyl adjacent to an activating group) is 1. The Labute approximate surface area is 96.8 Å². The van der Waals surface area contributed by atoms with Gasteiger partial charge in [0.25, 0.3) is 0 Å². The van der Waals surface area contributed by atoms with E-state index in [2.05, 4.69) is 5.32 Å². The van der Waals surface area contributed by atoms with Crippen molar-refractivity contribution >= 4 is 5.69 Å². The second-order valence-corrected chi connectivity index (χ2v) is 4.03. The summed E-state index contributed by atoms with van der Waals surface area (Å²) < 4.78 is 5.12. The topological polar surface area (TPSA) is 44.7 Å². The van der Waals surface area contributed by atoms with Gasteiger partial charge >= 0.3 is 0 Å². The van der Waals surface area contributed by atoms with Gasteiger partial charge in [0.15, 0.2) is 0 Å². The van der Waals surface area contributed by atoms with Gasteiger partial charge in [-0.2, -0.15) is 0 Å². The van der Waals surface area contributed by atoms with E-state index in [4.69, 9.17) is 4.74 Å². The zero-order valence-corrected chi connectivity index (χ0v) is 10.1. The number of aliphatic hydroxyl groups is 1. The lowest BCUT2D eigenvalue weighted by Crippen LogP contribution is -2.31. The van der Waals surface area contributed by atoms with Crippen LogP contribution in [0.1, 0.15) is 0 Å². The monoisotopic (exact) mass is 224 g/mol. The molecule has 0 aliphatic carbocycles. The summed E-state index contributed by atoms with van der Waals surface area (Å²) >= 11 is 0. The average molecular weight is 224 g/mol. The van der Waals surface area contributed by atoms with Gasteiger partial charge in [0.05, 0.1) is 13.2 Å². The zero-order valence-electron chi connectivity index (χ0n) is 10.1. The standard InChI is InChI=1S/C12H20N2O2/c1-14(2)9-11(15)8-13-10-5-4-6-12(7-10)16-3/h4-7,11,13,15H,8-9H2,1-3H3. The van der Waals surface area contributed by atoms with Gasteiger partial charge < -0.3 is 20.1 Å². The minimum Gasteiger partial charge on any atom is -0.497 e. The summed E-state index contributed by atoms with van der Waals surface area (Å²) in [5.41, 5.74) is 0.956. The van der Waals surface area contributed by atoms with Gasteiger partial charge in [0, 0.05) is 24.8 Å². The third kappa shape index (κ3) is 4.51. The molecule has 0 aromatic heterocycles. The predicted molar refractivity (Wildman–Crippen MR) is 66.0 cm³/mol. The van der Waals surface area contributed by atoms with E-state index in [9.17, 15) is 5.11 Å². The lowest BCUT2D eigenvalue weighted by atomic mass is 10.2. The van der Waals surface area contributed by atoms with E-state index < -0.39 is 0 Å². The van der Waals surface area contributed by atoms with Crippen LogP contribution >= 0.6 is 0 Å². The van der Waals surface area contributed by atoms with E-state index in [1.54, 1.807) is 7.11 Å². The lowest BCUT2D eigenvalue weighted by molar-refractivity contribution is 0.148. The van der Waals surface area contributed by atoms with Crippen LogP contribution in [0.5, 0.6) is 5.75 Å². The molecule has 1 unspecified atom stereocenters. The quantitative estimate of drug-likeness (QED) is 0.757. The molecule has 1 atom stereocenters. The number of hydrogen-bond donors (Lipinski definition) is 2. The first-order chi connectivity index (χ1) is 7.61. The first-order valence-electron chi connectivity index (χ1n) is 5.32. The molecule has 0 bridgehead atoms. The lowest BCUT2D eigenvalue weighted by Gasteiger charge is -2.17. The van der Waals surface area contributed by atoms with Crippen LogP contribution in [0.3, 0.4) is 0 Å². The molecule has 0 spiro atoms. The van der Waals surface area contributed by atoms with Crippen LogP contribution in [0.25, 0.3) is 0 Å². The van der Waals surface area contributed by atoms with Crippen LogP contribution in [-0.4, -0.2) is 50.4 Å². The zero-order chi connectivity index (χ0) is 12.0. The number of hydrogen-bond acceptors (Lipinski definition) is 4. The molecule has 0 amide bonds. The maximum absolute atomic E-state index is 9.67. The summed E-state index contributed by atoms with van der Waals surface area (Å²) in [5, 5.41) is 12.8. The Morgan fingerprint density at radius 3 is 2.81 bits per heavy atom. The van der Waals surface area contributed by atoms with E-state index in [1.807, 2.05) is 43.3 Å². The molecule has 0 saturated carbocycles. The van der Waals surface area contributed by atoms with Crippen molar-refractivity contribution in [3.63, 3.8) is 0 Å². The summed E-state index contributed by atoms with van der Waals surface area (Å²) in [7, 11) is 5.52. The number of nitrogens with one attached hydrogen (secondary N) is 1. The highest BCUT2D eigenvalue weighted by molar-refractivity contribution is 5.48. The Kier molecular flexibility index (Phi) is 5.08. The minimum absolute atomic E-state index is 0.374. The number of benzene rings is 1. The highest BCUT2D eigenvalue weighted by atomic mass is 16.5. The van der Waals surface area contributed by atoms with Crippen LogP contribution in [0.4, 0.5) is 5.69 Å². The fraction of sp³-hybridized carbons (Fsp3) is 0.500. The Balaban J connectivity index is 2.41. The number of aliphatic hydroxyl groups excluding tert-OH is 1. The van der Waals surface area contributed by atoms with Crippen molar-refractivity contribution in [1.82, 2.24) is 4.90 Å². The average Bonchev–Trinajstić information content (AvgIpc) is 2.26. The normalized spacial score (nSPS) is 12.6. The van der Waals surface area contributed by atoms with Crippen molar-refractivity contribution in [3.8, 4) is 5.75 Å². The van der Waals surface area contributed by atoms with Crippen molar-refractivity contribution in [1.29, 1.82) is 0 Å². The largest absolute Gasteiger partial charge is 0.497 e. The molecule has 4 heteroatoms. The van der Waals surface area contributed by atoms with Crippen molar-refractivity contribution < 1.29 is 9.84 Å². The highest BCUT2D eigenvalue weighted by Gasteiger charge is 2.05. The van der Waals surface area contributed by atoms with Crippen molar-refractivity contribution in [2.24, 2.45) is 0 Å². The van der Waals surface area contributed by atoms with E-state index in [0.717, 1.165) is 11.4 Å². The molecule has 0 aliphatic heterocycles. The Morgan fingerprint density at radius 2 is 2.19 bits per heavy atom. The highest BCUT2D eigenvalue weighted by Crippen LogP contribution is 2.16. The Morgan fingerprint density at radius 1 is 1.44 bits per heavy atom. The van der Waals surface area contributed by atoms with Crippen LogP contribution in [0, 0.1) is 0 Å². The number of nitrogens with zero attached hydrogens (tertiary/aromatic N) is 1. The maximum atomic E-state index is 9.67. The molecule has 1 aromatic rings. The Hall–Kier alpha value is -1.26. The molecule has 0 saturated heterocycles. The molecule has 1 aromatic carbocycles. The smallest absolute Gasteiger partial charge is 0.120 e. The van der Waals surface area contributed by atoms with Crippen LogP contribution in [-0.2, 0) is 0 Å². The summed E-state index contributed by atoms with van der Waals surface area (Å²) in [4.78, 5) is 1.96. The van der Waals surface area contributed by atoms with Gasteiger partial charge in [-0.15, -0.1) is 0 Å². The minimum atomic E-state index is -0.374. The van der Waals surface area contributed by atoms with Gasteiger partial charge in [-0.3, -0.25) is 0 Å². The number of anilines is 1. The number of methoxy groups -OCH3 is 1. The van der Waals surface area contributed by atoms with Crippen molar-refractivity contribution in [3.05, 3.63) is 24.3 Å². The second kappa shape index (κ2) is 6.35. The fourth-order valence-electron chi connectivity index (χ4n) is 1.45. The number of rotatable bonds is 6. The molecule has 16 heavy (non-hydrogen) atoms. The third-order valence-electron chi connectivity index (χ3n) is 2.19. The van der Waals surface area contributed by atoms with Crippen molar-refractivity contribution in [2.45, 2.75) is 6.10 Å². The van der Waals surface area contributed by atoms with E-state index in [-0.39, 0.29) is 6.10 Å². The van der Waals surface area contributed by atoms with E-state index >= 15 is 0 Å². The molecular formula is C12H20N2O2. The summed E-state index contributed by atoms with van der Waals surface area (Å²) in [6, 6.07) is 7.66. The van der Waals surface area contributed by atoms with E-state index in [0.29, 0.717) is 13.1 Å². The third-order valence-corrected chi connectivity index (χ3v) is 2.19.